The van der Waals surface area contributed by atoms with Gasteiger partial charge in [0.1, 0.15) is 0 Å². The quantitative estimate of drug-likeness (QED) is 0.598. The average Bonchev–Trinajstić information content (AvgIpc) is 2.55. The second-order valence-electron chi connectivity index (χ2n) is 4.88. The van der Waals surface area contributed by atoms with Crippen LogP contribution in [0.15, 0.2) is 46.2 Å². The number of hydrogen-bond donors (Lipinski definition) is 1. The van der Waals surface area contributed by atoms with Crippen LogP contribution in [0.4, 0.5) is 14.5 Å². The minimum Gasteiger partial charge on any atom is -0.325 e. The van der Waals surface area contributed by atoms with Crippen LogP contribution in [0.1, 0.15) is 17.3 Å². The summed E-state index contributed by atoms with van der Waals surface area (Å²) in [5, 5.41) is 2.71. The van der Waals surface area contributed by atoms with Crippen molar-refractivity contribution in [2.24, 2.45) is 0 Å². The van der Waals surface area contributed by atoms with Crippen molar-refractivity contribution in [2.45, 2.75) is 16.7 Å². The number of thioether (sulfide) groups is 2. The number of nitrogens with one attached hydrogen (secondary N) is 1. The topological polar surface area (TPSA) is 46.2 Å². The summed E-state index contributed by atoms with van der Waals surface area (Å²) < 4.78 is 26.1. The molecule has 0 spiro atoms. The van der Waals surface area contributed by atoms with Crippen molar-refractivity contribution in [1.29, 1.82) is 0 Å². The molecule has 0 unspecified atom stereocenters. The molecule has 24 heavy (non-hydrogen) atoms. The van der Waals surface area contributed by atoms with Crippen LogP contribution in [0.3, 0.4) is 0 Å². The molecule has 0 saturated carbocycles. The van der Waals surface area contributed by atoms with E-state index in [9.17, 15) is 18.4 Å². The Kier molecular flexibility index (Phi) is 6.39. The Morgan fingerprint density at radius 1 is 1.08 bits per heavy atom. The van der Waals surface area contributed by atoms with Crippen LogP contribution in [-0.4, -0.2) is 23.7 Å². The summed E-state index contributed by atoms with van der Waals surface area (Å²) in [6.45, 7) is 1.42. The largest absolute Gasteiger partial charge is 0.325 e. The summed E-state index contributed by atoms with van der Waals surface area (Å²) in [6, 6.07) is 8.58. The Balaban J connectivity index is 2.08. The van der Waals surface area contributed by atoms with Crippen molar-refractivity contribution >= 4 is 40.9 Å². The van der Waals surface area contributed by atoms with Gasteiger partial charge in [-0.05, 0) is 42.7 Å². The first-order valence-corrected chi connectivity index (χ1v) is 9.18. The molecule has 0 heterocycles. The Hall–Kier alpha value is -1.86. The molecule has 0 aliphatic heterocycles. The van der Waals surface area contributed by atoms with Gasteiger partial charge in [-0.15, -0.1) is 23.5 Å². The molecule has 0 atom stereocenters. The van der Waals surface area contributed by atoms with Crippen LogP contribution < -0.4 is 5.32 Å². The summed E-state index contributed by atoms with van der Waals surface area (Å²) in [5.41, 5.74) is 1.16. The van der Waals surface area contributed by atoms with Gasteiger partial charge in [0.05, 0.1) is 11.4 Å². The Morgan fingerprint density at radius 2 is 1.83 bits per heavy atom. The third kappa shape index (κ3) is 4.82. The number of Topliss-reactive ketones (excluding diaryl/α,β-unsaturated/α-hetero) is 1. The molecule has 0 saturated heterocycles. The molecule has 7 heteroatoms. The van der Waals surface area contributed by atoms with Gasteiger partial charge in [0.25, 0.3) is 0 Å². The van der Waals surface area contributed by atoms with Crippen LogP contribution in [0, 0.1) is 11.6 Å². The highest BCUT2D eigenvalue weighted by atomic mass is 32.2. The van der Waals surface area contributed by atoms with Gasteiger partial charge in [0.2, 0.25) is 5.91 Å². The minimum absolute atomic E-state index is 0.110. The maximum absolute atomic E-state index is 13.2. The highest BCUT2D eigenvalue weighted by Crippen LogP contribution is 2.28. The van der Waals surface area contributed by atoms with Crippen molar-refractivity contribution in [2.75, 3.05) is 17.3 Å². The summed E-state index contributed by atoms with van der Waals surface area (Å²) in [7, 11) is 0. The van der Waals surface area contributed by atoms with E-state index in [1.54, 1.807) is 18.2 Å². The van der Waals surface area contributed by atoms with Crippen molar-refractivity contribution in [1.82, 2.24) is 0 Å². The molecule has 2 aromatic carbocycles. The molecule has 126 valence electrons. The molecule has 1 amide bonds. The lowest BCUT2D eigenvalue weighted by Crippen LogP contribution is -2.08. The highest BCUT2D eigenvalue weighted by Gasteiger charge is 2.12. The zero-order chi connectivity index (χ0) is 17.7. The van der Waals surface area contributed by atoms with Crippen molar-refractivity contribution in [3.8, 4) is 0 Å². The Morgan fingerprint density at radius 3 is 2.46 bits per heavy atom. The van der Waals surface area contributed by atoms with Gasteiger partial charge in [-0.1, -0.05) is 0 Å². The number of hydrogen-bond acceptors (Lipinski definition) is 4. The zero-order valence-electron chi connectivity index (χ0n) is 13.1. The molecule has 0 radical (unpaired) electrons. The van der Waals surface area contributed by atoms with E-state index in [4.69, 9.17) is 0 Å². The fourth-order valence-corrected chi connectivity index (χ4v) is 3.36. The Bertz CT molecular complexity index is 781. The molecule has 3 nitrogen and oxygen atoms in total. The van der Waals surface area contributed by atoms with Crippen LogP contribution in [0.25, 0.3) is 0 Å². The molecule has 2 aromatic rings. The van der Waals surface area contributed by atoms with E-state index in [0.29, 0.717) is 16.1 Å². The lowest BCUT2D eigenvalue weighted by Gasteiger charge is -2.10. The number of carbonyl (C=O) groups is 2. The van der Waals surface area contributed by atoms with Gasteiger partial charge in [0.15, 0.2) is 17.4 Å². The standard InChI is InChI=1S/C17H15F2NO2S2/c1-10(21)20-15-6-3-11(7-17(15)23-2)16(22)9-24-12-4-5-13(18)14(19)8-12/h3-8H,9H2,1-2H3,(H,20,21). The van der Waals surface area contributed by atoms with E-state index in [1.807, 2.05) is 6.26 Å². The van der Waals surface area contributed by atoms with Crippen molar-refractivity contribution < 1.29 is 18.4 Å². The molecular formula is C17H15F2NO2S2. The summed E-state index contributed by atoms with van der Waals surface area (Å²) in [5.74, 6) is -2.05. The van der Waals surface area contributed by atoms with Gasteiger partial charge in [-0.25, -0.2) is 8.78 Å². The molecule has 0 aliphatic rings. The summed E-state index contributed by atoms with van der Waals surface area (Å²) in [6.07, 6.45) is 1.85. The summed E-state index contributed by atoms with van der Waals surface area (Å²) in [4.78, 5) is 24.7. The van der Waals surface area contributed by atoms with E-state index in [-0.39, 0.29) is 17.4 Å². The third-order valence-corrected chi connectivity index (χ3v) is 4.87. The predicted octanol–water partition coefficient (Wildman–Crippen LogP) is 4.62. The lowest BCUT2D eigenvalue weighted by atomic mass is 10.1. The van der Waals surface area contributed by atoms with Crippen LogP contribution in [0.2, 0.25) is 0 Å². The van der Waals surface area contributed by atoms with Gasteiger partial charge in [0, 0.05) is 22.3 Å². The molecule has 0 bridgehead atoms. The average molecular weight is 367 g/mol. The smallest absolute Gasteiger partial charge is 0.221 e. The molecule has 2 rings (SSSR count). The first-order chi connectivity index (χ1) is 11.4. The molecule has 0 aromatic heterocycles. The number of ketones is 1. The zero-order valence-corrected chi connectivity index (χ0v) is 14.7. The third-order valence-electron chi connectivity index (χ3n) is 3.10. The van der Waals surface area contributed by atoms with Crippen LogP contribution in [0.5, 0.6) is 0 Å². The minimum atomic E-state index is -0.934. The number of rotatable bonds is 6. The monoisotopic (exact) mass is 367 g/mol. The van der Waals surface area contributed by atoms with Crippen LogP contribution >= 0.6 is 23.5 Å². The number of halogens is 2. The number of amides is 1. The molecule has 1 N–H and O–H groups in total. The van der Waals surface area contributed by atoms with Gasteiger partial charge in [-0.2, -0.15) is 0 Å². The first kappa shape index (κ1) is 18.5. The number of carbonyl (C=O) groups excluding carboxylic acids is 2. The lowest BCUT2D eigenvalue weighted by molar-refractivity contribution is -0.114. The second kappa shape index (κ2) is 8.30. The summed E-state index contributed by atoms with van der Waals surface area (Å²) >= 11 is 2.56. The van der Waals surface area contributed by atoms with Gasteiger partial charge >= 0.3 is 0 Å². The fourth-order valence-electron chi connectivity index (χ4n) is 1.96. The maximum Gasteiger partial charge on any atom is 0.221 e. The maximum atomic E-state index is 13.2. The number of anilines is 1. The van der Waals surface area contributed by atoms with E-state index in [2.05, 4.69) is 5.32 Å². The fraction of sp³-hybridized carbons (Fsp3) is 0.176. The van der Waals surface area contributed by atoms with E-state index >= 15 is 0 Å². The van der Waals surface area contributed by atoms with E-state index in [0.717, 1.165) is 28.8 Å². The number of benzene rings is 2. The first-order valence-electron chi connectivity index (χ1n) is 6.97. The van der Waals surface area contributed by atoms with Crippen molar-refractivity contribution in [3.05, 3.63) is 53.6 Å². The van der Waals surface area contributed by atoms with E-state index < -0.39 is 11.6 Å². The predicted molar refractivity (Wildman–Crippen MR) is 93.9 cm³/mol. The molecule has 0 aliphatic carbocycles. The molecule has 0 fully saturated rings. The molecular weight excluding hydrogens is 352 g/mol. The van der Waals surface area contributed by atoms with E-state index in [1.165, 1.54) is 24.8 Å². The SMILES string of the molecule is CSc1cc(C(=O)CSc2ccc(F)c(F)c2)ccc1NC(C)=O. The van der Waals surface area contributed by atoms with Crippen LogP contribution in [-0.2, 0) is 4.79 Å². The highest BCUT2D eigenvalue weighted by molar-refractivity contribution is 8.00. The second-order valence-corrected chi connectivity index (χ2v) is 6.78. The van der Waals surface area contributed by atoms with Crippen molar-refractivity contribution in [3.63, 3.8) is 0 Å². The normalized spacial score (nSPS) is 10.5. The van der Waals surface area contributed by atoms with Gasteiger partial charge < -0.3 is 5.32 Å². The van der Waals surface area contributed by atoms with Gasteiger partial charge in [-0.3, -0.25) is 9.59 Å². The Labute approximate surface area is 147 Å².